The summed E-state index contributed by atoms with van der Waals surface area (Å²) in [6.45, 7) is 4.88. The van der Waals surface area contributed by atoms with Crippen molar-refractivity contribution in [3.8, 4) is 40.6 Å². The molecule has 47 heavy (non-hydrogen) atoms. The molecule has 3 aromatic carbocycles. The number of aromatic hydroxyl groups is 2. The Labute approximate surface area is 270 Å². The molecule has 0 saturated carbocycles. The lowest BCUT2D eigenvalue weighted by atomic mass is 9.74. The third-order valence-corrected chi connectivity index (χ3v) is 9.49. The number of carbonyl (C=O) groups is 2. The molecule has 12 nitrogen and oxygen atoms in total. The zero-order chi connectivity index (χ0) is 33.3. The van der Waals surface area contributed by atoms with Gasteiger partial charge in [0.2, 0.25) is 6.79 Å². The quantitative estimate of drug-likeness (QED) is 0.223. The van der Waals surface area contributed by atoms with E-state index in [2.05, 4.69) is 6.07 Å². The van der Waals surface area contributed by atoms with Gasteiger partial charge in [-0.3, -0.25) is 14.5 Å². The standard InChI is InChI=1S/C35H33N3O9/c1-16-29(40)26-25(31(42)33(16)43-5)27-21-11-20-24(35-34(45-15-46-35)17(2)32(20)47-18(3)39)23(14-44-13-19-9-7-6-8-10-19)38(21)22(12-36)28(30(26)41)37(27)4/h6-11,22-23,27-28,40,42H,13-15H2,1-5H3/t22-,23-,27+,28-/m0/s1. The van der Waals surface area contributed by atoms with Crippen LogP contribution in [0.3, 0.4) is 0 Å². The molecular formula is C35H33N3O9. The highest BCUT2D eigenvalue weighted by molar-refractivity contribution is 6.07. The van der Waals surface area contributed by atoms with E-state index in [1.165, 1.54) is 14.0 Å². The molecule has 12 heteroatoms. The number of piperazine rings is 1. The van der Waals surface area contributed by atoms with E-state index in [1.807, 2.05) is 35.2 Å². The number of nitrogens with zero attached hydrogens (tertiary/aromatic N) is 3. The van der Waals surface area contributed by atoms with Gasteiger partial charge < -0.3 is 38.8 Å². The molecule has 0 aliphatic carbocycles. The lowest BCUT2D eigenvalue weighted by Crippen LogP contribution is -2.64. The third kappa shape index (κ3) is 4.34. The van der Waals surface area contributed by atoms with E-state index in [4.69, 9.17) is 23.7 Å². The summed E-state index contributed by atoms with van der Waals surface area (Å²) in [4.78, 5) is 30.3. The van der Waals surface area contributed by atoms with Gasteiger partial charge in [0.1, 0.15) is 23.6 Å². The first-order chi connectivity index (χ1) is 22.6. The molecule has 4 atom stereocenters. The normalized spacial score (nSPS) is 22.1. The fourth-order valence-electron chi connectivity index (χ4n) is 7.51. The average molecular weight is 640 g/mol. The molecule has 2 N–H and O–H groups in total. The highest BCUT2D eigenvalue weighted by Crippen LogP contribution is 2.60. The molecule has 0 unspecified atom stereocenters. The predicted octanol–water partition coefficient (Wildman–Crippen LogP) is 4.44. The molecule has 4 heterocycles. The van der Waals surface area contributed by atoms with Gasteiger partial charge in [-0.25, -0.2) is 0 Å². The molecule has 1 fully saturated rings. The molecule has 2 bridgehead atoms. The van der Waals surface area contributed by atoms with Crippen molar-refractivity contribution in [2.24, 2.45) is 0 Å². The predicted molar refractivity (Wildman–Crippen MR) is 166 cm³/mol. The van der Waals surface area contributed by atoms with Crippen molar-refractivity contribution in [1.82, 2.24) is 9.80 Å². The molecule has 1 saturated heterocycles. The van der Waals surface area contributed by atoms with Crippen molar-refractivity contribution in [2.45, 2.75) is 51.5 Å². The average Bonchev–Trinajstić information content (AvgIpc) is 3.54. The second-order valence-corrected chi connectivity index (χ2v) is 12.0. The van der Waals surface area contributed by atoms with Crippen LogP contribution >= 0.6 is 0 Å². The van der Waals surface area contributed by atoms with Crippen LogP contribution in [0.15, 0.2) is 36.0 Å². The van der Waals surface area contributed by atoms with Crippen molar-refractivity contribution in [3.63, 3.8) is 0 Å². The van der Waals surface area contributed by atoms with E-state index in [1.54, 1.807) is 31.9 Å². The monoisotopic (exact) mass is 639 g/mol. The number of hydrogen-bond acceptors (Lipinski definition) is 12. The highest BCUT2D eigenvalue weighted by Gasteiger charge is 2.57. The first-order valence-electron chi connectivity index (χ1n) is 15.1. The van der Waals surface area contributed by atoms with Gasteiger partial charge in [-0.15, -0.1) is 0 Å². The Kier molecular flexibility index (Phi) is 7.26. The Hall–Kier alpha value is -5.25. The maximum Gasteiger partial charge on any atom is 0.308 e. The lowest BCUT2D eigenvalue weighted by Gasteiger charge is -2.56. The number of likely N-dealkylation sites (N-methyl/N-ethyl adjacent to an activating group) is 1. The topological polar surface area (TPSA) is 151 Å². The van der Waals surface area contributed by atoms with Gasteiger partial charge >= 0.3 is 5.97 Å². The third-order valence-electron chi connectivity index (χ3n) is 9.49. The van der Waals surface area contributed by atoms with Gasteiger partial charge in [-0.1, -0.05) is 30.3 Å². The number of methoxy groups -OCH3 is 1. The Bertz CT molecular complexity index is 1920. The molecule has 7 rings (SSSR count). The summed E-state index contributed by atoms with van der Waals surface area (Å²) in [5.74, 6) is -0.509. The van der Waals surface area contributed by atoms with Crippen molar-refractivity contribution >= 4 is 17.8 Å². The molecule has 4 aliphatic rings. The fourth-order valence-corrected chi connectivity index (χ4v) is 7.51. The SMILES string of the molecule is COc1c(C)c(O)c2c(c1O)[C@H]1C3=Cc4c(OC(C)=O)c(C)c5c(c4[C@H](COCc4ccccc4)N3[C@@H](C#N)[C@@H](C2=O)N1C)OCO5. The van der Waals surface area contributed by atoms with Crippen LogP contribution in [0.4, 0.5) is 0 Å². The van der Waals surface area contributed by atoms with Gasteiger partial charge in [0.15, 0.2) is 28.8 Å². The second kappa shape index (κ2) is 11.2. The van der Waals surface area contributed by atoms with Crippen molar-refractivity contribution in [3.05, 3.63) is 75.0 Å². The van der Waals surface area contributed by atoms with E-state index >= 15 is 0 Å². The van der Waals surface area contributed by atoms with E-state index in [9.17, 15) is 25.1 Å². The van der Waals surface area contributed by atoms with Crippen LogP contribution in [0.2, 0.25) is 0 Å². The van der Waals surface area contributed by atoms with Crippen LogP contribution in [-0.4, -0.2) is 71.4 Å². The van der Waals surface area contributed by atoms with Crippen LogP contribution in [0, 0.1) is 25.2 Å². The summed E-state index contributed by atoms with van der Waals surface area (Å²) in [6, 6.07) is 8.36. The number of fused-ring (bicyclic) bond motifs is 9. The minimum atomic E-state index is -1.05. The summed E-state index contributed by atoms with van der Waals surface area (Å²) in [5.41, 5.74) is 3.42. The summed E-state index contributed by atoms with van der Waals surface area (Å²) < 4.78 is 29.5. The molecule has 3 aromatic rings. The van der Waals surface area contributed by atoms with E-state index < -0.39 is 35.9 Å². The van der Waals surface area contributed by atoms with Gasteiger partial charge in [-0.05, 0) is 32.5 Å². The summed E-state index contributed by atoms with van der Waals surface area (Å²) >= 11 is 0. The summed E-state index contributed by atoms with van der Waals surface area (Å²) in [5, 5.41) is 33.7. The lowest BCUT2D eigenvalue weighted by molar-refractivity contribution is -0.131. The van der Waals surface area contributed by atoms with Gasteiger partial charge in [0.05, 0.1) is 44.0 Å². The van der Waals surface area contributed by atoms with Crippen molar-refractivity contribution in [1.29, 1.82) is 5.26 Å². The molecule has 4 aliphatic heterocycles. The number of phenolic OH excluding ortho intramolecular Hbond substituents is 2. The largest absolute Gasteiger partial charge is 0.507 e. The Morgan fingerprint density at radius 2 is 1.79 bits per heavy atom. The smallest absolute Gasteiger partial charge is 0.308 e. The first-order valence-corrected chi connectivity index (χ1v) is 15.1. The Morgan fingerprint density at radius 3 is 2.47 bits per heavy atom. The molecule has 0 amide bonds. The second-order valence-electron chi connectivity index (χ2n) is 12.0. The number of ketones is 1. The van der Waals surface area contributed by atoms with E-state index in [0.29, 0.717) is 33.9 Å². The molecule has 242 valence electrons. The number of hydrogen-bond donors (Lipinski definition) is 2. The molecule has 0 spiro atoms. The number of carbonyl (C=O) groups excluding carboxylic acids is 2. The minimum Gasteiger partial charge on any atom is -0.507 e. The van der Waals surface area contributed by atoms with Crippen LogP contribution in [0.5, 0.6) is 34.5 Å². The van der Waals surface area contributed by atoms with Gasteiger partial charge in [-0.2, -0.15) is 5.26 Å². The maximum atomic E-state index is 14.3. The zero-order valence-electron chi connectivity index (χ0n) is 26.5. The number of Topliss-reactive ketones (excluding diaryl/α,β-unsaturated/α-hetero) is 1. The molecule has 0 radical (unpaired) electrons. The van der Waals surface area contributed by atoms with E-state index in [-0.39, 0.29) is 59.7 Å². The number of esters is 1. The Morgan fingerprint density at radius 1 is 1.06 bits per heavy atom. The number of phenols is 2. The number of rotatable bonds is 6. The molecular weight excluding hydrogens is 606 g/mol. The van der Waals surface area contributed by atoms with Gasteiger partial charge in [0.25, 0.3) is 0 Å². The number of benzene rings is 3. The van der Waals surface area contributed by atoms with Crippen LogP contribution in [0.1, 0.15) is 62.7 Å². The van der Waals surface area contributed by atoms with Crippen molar-refractivity contribution < 1.29 is 43.5 Å². The number of ether oxygens (including phenoxy) is 5. The van der Waals surface area contributed by atoms with Crippen LogP contribution in [-0.2, 0) is 16.1 Å². The Balaban J connectivity index is 1.51. The fraction of sp³-hybridized carbons (Fsp3) is 0.343. The first kappa shape index (κ1) is 30.4. The zero-order valence-corrected chi connectivity index (χ0v) is 26.5. The minimum absolute atomic E-state index is 0.0363. The van der Waals surface area contributed by atoms with E-state index in [0.717, 1.165) is 5.56 Å². The number of nitriles is 1. The van der Waals surface area contributed by atoms with Crippen LogP contribution in [0.25, 0.3) is 6.08 Å². The maximum absolute atomic E-state index is 14.3. The highest BCUT2D eigenvalue weighted by atomic mass is 16.7. The summed E-state index contributed by atoms with van der Waals surface area (Å²) in [6.07, 6.45) is 1.79. The van der Waals surface area contributed by atoms with Crippen LogP contribution < -0.4 is 18.9 Å². The summed E-state index contributed by atoms with van der Waals surface area (Å²) in [7, 11) is 3.08. The van der Waals surface area contributed by atoms with Gasteiger partial charge in [0, 0.05) is 40.4 Å². The van der Waals surface area contributed by atoms with Crippen molar-refractivity contribution in [2.75, 3.05) is 27.6 Å². The molecule has 0 aromatic heterocycles.